The van der Waals surface area contributed by atoms with Crippen LogP contribution in [0.5, 0.6) is 0 Å². The van der Waals surface area contributed by atoms with Crippen LogP contribution in [0.2, 0.25) is 0 Å². The predicted octanol–water partition coefficient (Wildman–Crippen LogP) is 2.63. The van der Waals surface area contributed by atoms with E-state index < -0.39 is 10.0 Å². The minimum absolute atomic E-state index is 0.122. The van der Waals surface area contributed by atoms with E-state index in [0.717, 1.165) is 12.0 Å². The minimum atomic E-state index is -3.66. The second-order valence-corrected chi connectivity index (χ2v) is 7.45. The van der Waals surface area contributed by atoms with Gasteiger partial charge >= 0.3 is 0 Å². The van der Waals surface area contributed by atoms with Gasteiger partial charge in [-0.2, -0.15) is 0 Å². The van der Waals surface area contributed by atoms with Crippen molar-refractivity contribution in [2.45, 2.75) is 62.9 Å². The molecular formula is C15H24N2O2S. The maximum atomic E-state index is 11.6. The third-order valence-electron chi connectivity index (χ3n) is 4.53. The zero-order chi connectivity index (χ0) is 15.0. The maximum absolute atomic E-state index is 11.6. The summed E-state index contributed by atoms with van der Waals surface area (Å²) in [6.45, 7) is 6.04. The number of hydrogen-bond acceptors (Lipinski definition) is 3. The van der Waals surface area contributed by atoms with Crippen molar-refractivity contribution in [1.82, 2.24) is 5.32 Å². The van der Waals surface area contributed by atoms with Crippen LogP contribution in [0.4, 0.5) is 0 Å². The number of nitrogens with one attached hydrogen (secondary N) is 1. The molecule has 0 amide bonds. The molecule has 1 fully saturated rings. The average Bonchev–Trinajstić information content (AvgIpc) is 2.32. The van der Waals surface area contributed by atoms with E-state index in [1.54, 1.807) is 13.0 Å². The summed E-state index contributed by atoms with van der Waals surface area (Å²) < 4.78 is 23.2. The van der Waals surface area contributed by atoms with Crippen LogP contribution in [0.25, 0.3) is 0 Å². The molecule has 1 aromatic carbocycles. The van der Waals surface area contributed by atoms with Crippen LogP contribution in [0.3, 0.4) is 0 Å². The first-order chi connectivity index (χ1) is 9.27. The molecule has 0 saturated heterocycles. The number of hydrogen-bond donors (Lipinski definition) is 2. The van der Waals surface area contributed by atoms with Gasteiger partial charge in [-0.25, -0.2) is 13.6 Å². The van der Waals surface area contributed by atoms with Gasteiger partial charge in [0.15, 0.2) is 0 Å². The van der Waals surface area contributed by atoms with Gasteiger partial charge in [0.05, 0.1) is 4.90 Å². The first kappa shape index (κ1) is 15.5. The van der Waals surface area contributed by atoms with E-state index >= 15 is 0 Å². The van der Waals surface area contributed by atoms with Crippen molar-refractivity contribution in [3.63, 3.8) is 0 Å². The number of rotatable bonds is 5. The molecule has 2 rings (SSSR count). The summed E-state index contributed by atoms with van der Waals surface area (Å²) in [6.07, 6.45) is 4.76. The van der Waals surface area contributed by atoms with Crippen LogP contribution >= 0.6 is 0 Å². The van der Waals surface area contributed by atoms with Crippen molar-refractivity contribution in [1.29, 1.82) is 0 Å². The molecule has 1 aliphatic carbocycles. The molecule has 0 radical (unpaired) electrons. The summed E-state index contributed by atoms with van der Waals surface area (Å²) in [5.74, 6) is 0. The Morgan fingerprint density at radius 3 is 2.50 bits per heavy atom. The van der Waals surface area contributed by atoms with Crippen molar-refractivity contribution in [3.05, 3.63) is 29.3 Å². The van der Waals surface area contributed by atoms with Crippen LogP contribution in [-0.2, 0) is 10.0 Å². The van der Waals surface area contributed by atoms with E-state index in [4.69, 9.17) is 5.14 Å². The third kappa shape index (κ3) is 3.05. The Labute approximate surface area is 121 Å². The van der Waals surface area contributed by atoms with Gasteiger partial charge in [-0.05, 0) is 56.7 Å². The van der Waals surface area contributed by atoms with Gasteiger partial charge in [0.25, 0.3) is 0 Å². The second kappa shape index (κ2) is 5.47. The molecule has 1 aromatic rings. The minimum Gasteiger partial charge on any atom is -0.305 e. The van der Waals surface area contributed by atoms with E-state index in [9.17, 15) is 8.42 Å². The lowest BCUT2D eigenvalue weighted by molar-refractivity contribution is 0.160. The Hall–Kier alpha value is -0.910. The van der Waals surface area contributed by atoms with E-state index in [1.807, 2.05) is 12.1 Å². The summed E-state index contributed by atoms with van der Waals surface area (Å²) >= 11 is 0. The molecule has 1 aliphatic rings. The molecule has 0 aliphatic heterocycles. The molecule has 3 N–H and O–H groups in total. The predicted molar refractivity (Wildman–Crippen MR) is 81.0 cm³/mol. The maximum Gasteiger partial charge on any atom is 0.238 e. The number of sulfonamides is 1. The Bertz CT molecular complexity index is 586. The normalized spacial score (nSPS) is 19.4. The summed E-state index contributed by atoms with van der Waals surface area (Å²) in [7, 11) is -3.66. The highest BCUT2D eigenvalue weighted by molar-refractivity contribution is 7.89. The van der Waals surface area contributed by atoms with Gasteiger partial charge in [-0.15, -0.1) is 0 Å². The SMILES string of the molecule is CCC1(N[C@H](C)c2ccc(C)c(S(N)(=O)=O)c2)CCC1. The molecule has 20 heavy (non-hydrogen) atoms. The van der Waals surface area contributed by atoms with Crippen LogP contribution < -0.4 is 10.5 Å². The molecule has 0 unspecified atom stereocenters. The van der Waals surface area contributed by atoms with Gasteiger partial charge in [0.2, 0.25) is 10.0 Å². The number of aryl methyl sites for hydroxylation is 1. The van der Waals surface area contributed by atoms with Crippen molar-refractivity contribution in [2.75, 3.05) is 0 Å². The molecule has 1 saturated carbocycles. The molecule has 4 nitrogen and oxygen atoms in total. The second-order valence-electron chi connectivity index (χ2n) is 5.92. The topological polar surface area (TPSA) is 72.2 Å². The molecule has 1 atom stereocenters. The highest BCUT2D eigenvalue weighted by Gasteiger charge is 2.36. The van der Waals surface area contributed by atoms with Gasteiger partial charge in [-0.1, -0.05) is 19.1 Å². The Morgan fingerprint density at radius 1 is 1.40 bits per heavy atom. The zero-order valence-corrected chi connectivity index (χ0v) is 13.3. The van der Waals surface area contributed by atoms with Crippen molar-refractivity contribution >= 4 is 10.0 Å². The van der Waals surface area contributed by atoms with Gasteiger partial charge in [-0.3, -0.25) is 0 Å². The first-order valence-electron chi connectivity index (χ1n) is 7.18. The smallest absolute Gasteiger partial charge is 0.238 e. The molecular weight excluding hydrogens is 272 g/mol. The molecule has 0 bridgehead atoms. The number of nitrogens with two attached hydrogens (primary N) is 1. The van der Waals surface area contributed by atoms with Gasteiger partial charge in [0.1, 0.15) is 0 Å². The average molecular weight is 296 g/mol. The van der Waals surface area contributed by atoms with Gasteiger partial charge in [0, 0.05) is 11.6 Å². The lowest BCUT2D eigenvalue weighted by Crippen LogP contribution is -2.51. The van der Waals surface area contributed by atoms with Crippen molar-refractivity contribution in [2.24, 2.45) is 5.14 Å². The summed E-state index contributed by atoms with van der Waals surface area (Å²) in [5, 5.41) is 8.93. The first-order valence-corrected chi connectivity index (χ1v) is 8.73. The fourth-order valence-electron chi connectivity index (χ4n) is 2.94. The van der Waals surface area contributed by atoms with E-state index in [0.29, 0.717) is 5.56 Å². The van der Waals surface area contributed by atoms with E-state index in [2.05, 4.69) is 19.2 Å². The van der Waals surface area contributed by atoms with Crippen LogP contribution in [0.1, 0.15) is 56.7 Å². The summed E-state index contributed by atoms with van der Waals surface area (Å²) in [6, 6.07) is 5.62. The quantitative estimate of drug-likeness (QED) is 0.877. The molecule has 0 aromatic heterocycles. The van der Waals surface area contributed by atoms with Crippen LogP contribution in [0, 0.1) is 6.92 Å². The number of primary sulfonamides is 1. The molecule has 0 spiro atoms. The lowest BCUT2D eigenvalue weighted by atomic mass is 9.74. The highest BCUT2D eigenvalue weighted by Crippen LogP contribution is 2.37. The lowest BCUT2D eigenvalue weighted by Gasteiger charge is -2.44. The van der Waals surface area contributed by atoms with E-state index in [1.165, 1.54) is 19.3 Å². The fraction of sp³-hybridized carbons (Fsp3) is 0.600. The van der Waals surface area contributed by atoms with Crippen LogP contribution in [0.15, 0.2) is 23.1 Å². The van der Waals surface area contributed by atoms with Gasteiger partial charge < -0.3 is 5.32 Å². The van der Waals surface area contributed by atoms with Crippen molar-refractivity contribution in [3.8, 4) is 0 Å². The Balaban J connectivity index is 2.25. The highest BCUT2D eigenvalue weighted by atomic mass is 32.2. The third-order valence-corrected chi connectivity index (χ3v) is 5.58. The number of benzene rings is 1. The van der Waals surface area contributed by atoms with Crippen LogP contribution in [-0.4, -0.2) is 14.0 Å². The molecule has 5 heteroatoms. The summed E-state index contributed by atoms with van der Waals surface area (Å²) in [5.41, 5.74) is 1.89. The standard InChI is InChI=1S/C15H24N2O2S/c1-4-15(8-5-9-15)17-12(3)13-7-6-11(2)14(10-13)20(16,18)19/h6-7,10,12,17H,4-5,8-9H2,1-3H3,(H2,16,18,19)/t12-/m1/s1. The largest absolute Gasteiger partial charge is 0.305 e. The fourth-order valence-corrected chi connectivity index (χ4v) is 3.76. The van der Waals surface area contributed by atoms with Crippen molar-refractivity contribution < 1.29 is 8.42 Å². The van der Waals surface area contributed by atoms with E-state index in [-0.39, 0.29) is 16.5 Å². The molecule has 0 heterocycles. The zero-order valence-electron chi connectivity index (χ0n) is 12.4. The Morgan fingerprint density at radius 2 is 2.05 bits per heavy atom. The summed E-state index contributed by atoms with van der Waals surface area (Å²) in [4.78, 5) is 0.225. The molecule has 112 valence electrons. The monoisotopic (exact) mass is 296 g/mol. The Kier molecular flexibility index (Phi) is 4.23.